The molecule has 0 bridgehead atoms. The van der Waals surface area contributed by atoms with Crippen molar-refractivity contribution in [3.8, 4) is 0 Å². The van der Waals surface area contributed by atoms with Gasteiger partial charge in [0.2, 0.25) is 0 Å². The fourth-order valence-corrected chi connectivity index (χ4v) is 2.71. The minimum absolute atomic E-state index is 0.380. The van der Waals surface area contributed by atoms with Crippen LogP contribution >= 0.6 is 11.3 Å². The minimum atomic E-state index is 0.380. The molecule has 1 aliphatic carbocycles. The predicted octanol–water partition coefficient (Wildman–Crippen LogP) is 3.18. The van der Waals surface area contributed by atoms with Crippen LogP contribution in [0.1, 0.15) is 29.5 Å². The van der Waals surface area contributed by atoms with Crippen LogP contribution in [-0.2, 0) is 6.42 Å². The van der Waals surface area contributed by atoms with Gasteiger partial charge in [0.15, 0.2) is 0 Å². The second-order valence-corrected chi connectivity index (χ2v) is 5.48. The molecule has 1 aromatic heterocycles. The van der Waals surface area contributed by atoms with E-state index in [0.717, 1.165) is 6.42 Å². The summed E-state index contributed by atoms with van der Waals surface area (Å²) in [6.45, 7) is 0. The summed E-state index contributed by atoms with van der Waals surface area (Å²) in [7, 11) is 0. The van der Waals surface area contributed by atoms with Gasteiger partial charge in [0.25, 0.3) is 0 Å². The first kappa shape index (κ1) is 10.9. The van der Waals surface area contributed by atoms with E-state index in [1.807, 2.05) is 6.20 Å². The number of hydrogen-bond acceptors (Lipinski definition) is 3. The maximum atomic E-state index is 4.45. The third-order valence-electron chi connectivity index (χ3n) is 3.05. The second kappa shape index (κ2) is 4.98. The Labute approximate surface area is 106 Å². The Bertz CT molecular complexity index is 448. The van der Waals surface area contributed by atoms with Crippen molar-refractivity contribution in [1.82, 2.24) is 10.3 Å². The summed E-state index contributed by atoms with van der Waals surface area (Å²) >= 11 is 1.75. The van der Waals surface area contributed by atoms with Crippen LogP contribution in [0.4, 0.5) is 0 Å². The molecule has 0 aliphatic heterocycles. The number of aromatic nitrogens is 1. The summed E-state index contributed by atoms with van der Waals surface area (Å²) < 4.78 is 0. The van der Waals surface area contributed by atoms with Crippen molar-refractivity contribution in [2.45, 2.75) is 31.3 Å². The summed E-state index contributed by atoms with van der Waals surface area (Å²) in [5, 5.41) is 6.96. The fourth-order valence-electron chi connectivity index (χ4n) is 2.01. The largest absolute Gasteiger partial charge is 0.305 e. The lowest BCUT2D eigenvalue weighted by molar-refractivity contribution is 0.525. The molecule has 1 N–H and O–H groups in total. The van der Waals surface area contributed by atoms with E-state index in [4.69, 9.17) is 0 Å². The van der Waals surface area contributed by atoms with Gasteiger partial charge in [0, 0.05) is 17.6 Å². The third-order valence-corrected chi connectivity index (χ3v) is 3.94. The van der Waals surface area contributed by atoms with E-state index in [2.05, 4.69) is 46.0 Å². The normalized spacial score (nSPS) is 16.9. The Morgan fingerprint density at radius 2 is 2.12 bits per heavy atom. The van der Waals surface area contributed by atoms with Crippen LogP contribution in [-0.4, -0.2) is 11.0 Å². The highest BCUT2D eigenvalue weighted by molar-refractivity contribution is 7.09. The summed E-state index contributed by atoms with van der Waals surface area (Å²) in [4.78, 5) is 4.45. The number of rotatable bonds is 5. The van der Waals surface area contributed by atoms with Crippen molar-refractivity contribution in [3.63, 3.8) is 0 Å². The van der Waals surface area contributed by atoms with E-state index in [0.29, 0.717) is 12.1 Å². The van der Waals surface area contributed by atoms with Gasteiger partial charge in [0.05, 0.1) is 6.04 Å². The van der Waals surface area contributed by atoms with Crippen LogP contribution in [0, 0.1) is 0 Å². The molecule has 0 amide bonds. The number of nitrogens with one attached hydrogen (secondary N) is 1. The maximum Gasteiger partial charge on any atom is 0.110 e. The van der Waals surface area contributed by atoms with Gasteiger partial charge in [-0.2, -0.15) is 0 Å². The van der Waals surface area contributed by atoms with E-state index >= 15 is 0 Å². The zero-order chi connectivity index (χ0) is 11.5. The Kier molecular flexibility index (Phi) is 3.20. The van der Waals surface area contributed by atoms with Crippen LogP contribution in [0.2, 0.25) is 0 Å². The zero-order valence-corrected chi connectivity index (χ0v) is 10.5. The lowest BCUT2D eigenvalue weighted by Crippen LogP contribution is -2.25. The van der Waals surface area contributed by atoms with Crippen LogP contribution in [0.5, 0.6) is 0 Å². The first-order valence-electron chi connectivity index (χ1n) is 6.11. The quantitative estimate of drug-likeness (QED) is 0.873. The number of nitrogens with zero attached hydrogens (tertiary/aromatic N) is 1. The smallest absolute Gasteiger partial charge is 0.110 e. The van der Waals surface area contributed by atoms with Gasteiger partial charge in [-0.15, -0.1) is 11.3 Å². The molecule has 2 aromatic rings. The summed E-state index contributed by atoms with van der Waals surface area (Å²) in [6, 6.07) is 11.7. The maximum absolute atomic E-state index is 4.45. The summed E-state index contributed by atoms with van der Waals surface area (Å²) in [5.74, 6) is 0. The average Bonchev–Trinajstić information content (AvgIpc) is 3.01. The van der Waals surface area contributed by atoms with Crippen molar-refractivity contribution in [3.05, 3.63) is 52.5 Å². The van der Waals surface area contributed by atoms with E-state index < -0.39 is 0 Å². The molecule has 0 spiro atoms. The first-order chi connectivity index (χ1) is 8.42. The Balaban J connectivity index is 1.74. The van der Waals surface area contributed by atoms with Crippen molar-refractivity contribution >= 4 is 11.3 Å². The van der Waals surface area contributed by atoms with Gasteiger partial charge in [-0.3, -0.25) is 0 Å². The molecule has 1 fully saturated rings. The van der Waals surface area contributed by atoms with E-state index in [1.54, 1.807) is 11.3 Å². The molecule has 2 nitrogen and oxygen atoms in total. The molecule has 1 unspecified atom stereocenters. The average molecular weight is 244 g/mol. The highest BCUT2D eigenvalue weighted by Gasteiger charge is 2.26. The van der Waals surface area contributed by atoms with Crippen LogP contribution < -0.4 is 5.32 Å². The number of hydrogen-bond donors (Lipinski definition) is 1. The van der Waals surface area contributed by atoms with Gasteiger partial charge in [-0.1, -0.05) is 30.3 Å². The van der Waals surface area contributed by atoms with Crippen LogP contribution in [0.25, 0.3) is 0 Å². The lowest BCUT2D eigenvalue weighted by atomic mass is 10.1. The Hall–Kier alpha value is -1.19. The molecule has 88 valence electrons. The van der Waals surface area contributed by atoms with Crippen molar-refractivity contribution in [2.75, 3.05) is 0 Å². The van der Waals surface area contributed by atoms with E-state index in [1.165, 1.54) is 23.4 Å². The topological polar surface area (TPSA) is 24.9 Å². The van der Waals surface area contributed by atoms with Gasteiger partial charge >= 0.3 is 0 Å². The molecule has 1 heterocycles. The number of benzene rings is 1. The molecule has 0 radical (unpaired) electrons. The second-order valence-electron chi connectivity index (χ2n) is 4.55. The standard InChI is InChI=1S/C14H16N2S/c1-2-4-11(5-3-1)10-13(16-12-6-7-12)14-15-8-9-17-14/h1-5,8-9,12-13,16H,6-7,10H2. The fraction of sp³-hybridized carbons (Fsp3) is 0.357. The first-order valence-corrected chi connectivity index (χ1v) is 6.99. The molecule has 1 atom stereocenters. The van der Waals surface area contributed by atoms with E-state index in [-0.39, 0.29) is 0 Å². The monoisotopic (exact) mass is 244 g/mol. The van der Waals surface area contributed by atoms with Crippen LogP contribution in [0.3, 0.4) is 0 Å². The van der Waals surface area contributed by atoms with Crippen molar-refractivity contribution in [2.24, 2.45) is 0 Å². The molecular weight excluding hydrogens is 228 g/mol. The zero-order valence-electron chi connectivity index (χ0n) is 9.67. The van der Waals surface area contributed by atoms with Crippen molar-refractivity contribution < 1.29 is 0 Å². The van der Waals surface area contributed by atoms with Gasteiger partial charge in [0.1, 0.15) is 5.01 Å². The molecular formula is C14H16N2S. The Morgan fingerprint density at radius 1 is 1.29 bits per heavy atom. The Morgan fingerprint density at radius 3 is 2.76 bits per heavy atom. The summed E-state index contributed by atoms with van der Waals surface area (Å²) in [5.41, 5.74) is 1.38. The molecule has 3 rings (SSSR count). The highest BCUT2D eigenvalue weighted by Crippen LogP contribution is 2.27. The molecule has 1 aliphatic rings. The van der Waals surface area contributed by atoms with Crippen molar-refractivity contribution in [1.29, 1.82) is 0 Å². The SMILES string of the molecule is c1ccc(CC(NC2CC2)c2nccs2)cc1. The number of thiazole rings is 1. The molecule has 1 saturated carbocycles. The highest BCUT2D eigenvalue weighted by atomic mass is 32.1. The molecule has 17 heavy (non-hydrogen) atoms. The molecule has 0 saturated heterocycles. The lowest BCUT2D eigenvalue weighted by Gasteiger charge is -2.16. The van der Waals surface area contributed by atoms with Crippen LogP contribution in [0.15, 0.2) is 41.9 Å². The third kappa shape index (κ3) is 2.93. The van der Waals surface area contributed by atoms with Gasteiger partial charge < -0.3 is 5.32 Å². The predicted molar refractivity (Wildman–Crippen MR) is 71.2 cm³/mol. The van der Waals surface area contributed by atoms with Gasteiger partial charge in [-0.25, -0.2) is 4.98 Å². The molecule has 1 aromatic carbocycles. The minimum Gasteiger partial charge on any atom is -0.305 e. The molecule has 3 heteroatoms. The van der Waals surface area contributed by atoms with E-state index in [9.17, 15) is 0 Å². The van der Waals surface area contributed by atoms with Gasteiger partial charge in [-0.05, 0) is 24.8 Å². The summed E-state index contributed by atoms with van der Waals surface area (Å²) in [6.07, 6.45) is 5.56.